The van der Waals surface area contributed by atoms with Crippen LogP contribution in [-0.2, 0) is 14.3 Å². The number of methoxy groups -OCH3 is 2. The Bertz CT molecular complexity index is 1380. The second-order valence-electron chi connectivity index (χ2n) is 7.41. The van der Waals surface area contributed by atoms with Gasteiger partial charge >= 0.3 is 11.9 Å². The zero-order valence-corrected chi connectivity index (χ0v) is 19.9. The Labute approximate surface area is 210 Å². The summed E-state index contributed by atoms with van der Waals surface area (Å²) >= 11 is 6.18. The number of amides is 2. The van der Waals surface area contributed by atoms with Crippen LogP contribution in [0.25, 0.3) is 0 Å². The summed E-state index contributed by atoms with van der Waals surface area (Å²) in [5.41, 5.74) is 0.570. The molecule has 0 aromatic heterocycles. The Hall–Kier alpha value is -4.63. The first kappa shape index (κ1) is 24.5. The first-order chi connectivity index (χ1) is 17.3. The molecular weight excluding hydrogens is 488 g/mol. The maximum absolute atomic E-state index is 13.1. The highest BCUT2D eigenvalue weighted by molar-refractivity contribution is 6.53. The lowest BCUT2D eigenvalue weighted by molar-refractivity contribution is -0.120. The smallest absolute Gasteiger partial charge is 0.343 e. The summed E-state index contributed by atoms with van der Waals surface area (Å²) in [5, 5.41) is 2.47. The van der Waals surface area contributed by atoms with E-state index in [1.807, 2.05) is 0 Å². The van der Waals surface area contributed by atoms with Crippen molar-refractivity contribution in [3.63, 3.8) is 0 Å². The van der Waals surface area contributed by atoms with Crippen LogP contribution in [-0.4, -0.2) is 38.0 Å². The van der Waals surface area contributed by atoms with Gasteiger partial charge in [0.2, 0.25) is 0 Å². The highest BCUT2D eigenvalue weighted by atomic mass is 35.5. The molecule has 0 spiro atoms. The van der Waals surface area contributed by atoms with E-state index in [2.05, 4.69) is 5.32 Å². The Morgan fingerprint density at radius 2 is 1.44 bits per heavy atom. The van der Waals surface area contributed by atoms with Crippen LogP contribution in [0.5, 0.6) is 11.5 Å². The highest BCUT2D eigenvalue weighted by Crippen LogP contribution is 2.32. The van der Waals surface area contributed by atoms with E-state index in [0.717, 1.165) is 4.90 Å². The fourth-order valence-electron chi connectivity index (χ4n) is 3.43. The van der Waals surface area contributed by atoms with E-state index < -0.39 is 23.8 Å². The molecule has 0 aliphatic carbocycles. The van der Waals surface area contributed by atoms with Crippen molar-refractivity contribution < 1.29 is 33.4 Å². The van der Waals surface area contributed by atoms with Gasteiger partial charge in [-0.25, -0.2) is 14.5 Å². The summed E-state index contributed by atoms with van der Waals surface area (Å²) in [4.78, 5) is 51.2. The van der Waals surface area contributed by atoms with Crippen molar-refractivity contribution in [1.82, 2.24) is 0 Å². The summed E-state index contributed by atoms with van der Waals surface area (Å²) in [7, 11) is 2.73. The molecule has 1 heterocycles. The van der Waals surface area contributed by atoms with Crippen LogP contribution >= 0.6 is 11.6 Å². The fourth-order valence-corrected chi connectivity index (χ4v) is 3.64. The van der Waals surface area contributed by atoms with Gasteiger partial charge in [0.05, 0.1) is 31.0 Å². The number of carbonyl (C=O) groups excluding carboxylic acids is 4. The Balaban J connectivity index is 1.49. The predicted molar refractivity (Wildman–Crippen MR) is 131 cm³/mol. The van der Waals surface area contributed by atoms with Crippen molar-refractivity contribution in [3.8, 4) is 11.5 Å². The molecule has 182 valence electrons. The molecule has 0 saturated carbocycles. The summed E-state index contributed by atoms with van der Waals surface area (Å²) in [6, 6.07) is 18.6. The van der Waals surface area contributed by atoms with E-state index in [1.165, 1.54) is 50.6 Å². The van der Waals surface area contributed by atoms with Crippen molar-refractivity contribution >= 4 is 46.7 Å². The van der Waals surface area contributed by atoms with Crippen LogP contribution in [0.15, 0.2) is 83.5 Å². The Kier molecular flexibility index (Phi) is 7.03. The molecule has 1 aliphatic rings. The van der Waals surface area contributed by atoms with E-state index in [9.17, 15) is 19.2 Å². The summed E-state index contributed by atoms with van der Waals surface area (Å²) in [6.45, 7) is 0. The van der Waals surface area contributed by atoms with E-state index in [-0.39, 0.29) is 27.5 Å². The predicted octanol–water partition coefficient (Wildman–Crippen LogP) is 4.14. The van der Waals surface area contributed by atoms with Gasteiger partial charge < -0.3 is 19.5 Å². The number of imide groups is 1. The van der Waals surface area contributed by atoms with Crippen molar-refractivity contribution in [3.05, 3.63) is 94.7 Å². The topological polar surface area (TPSA) is 111 Å². The number of esters is 2. The molecular formula is C26H19ClN2O7. The molecule has 4 rings (SSSR count). The summed E-state index contributed by atoms with van der Waals surface area (Å²) in [5.74, 6) is -1.85. The number of anilines is 2. The third-order valence-corrected chi connectivity index (χ3v) is 5.59. The van der Waals surface area contributed by atoms with E-state index in [4.69, 9.17) is 25.8 Å². The minimum atomic E-state index is -0.791. The second-order valence-corrected chi connectivity index (χ2v) is 7.79. The molecule has 0 bridgehead atoms. The molecule has 9 nitrogen and oxygen atoms in total. The van der Waals surface area contributed by atoms with Crippen molar-refractivity contribution in [1.29, 1.82) is 0 Å². The molecule has 0 saturated heterocycles. The standard InChI is InChI=1S/C26H19ClN2O7/c1-34-17-11-13-18(14-12-17)36-25(32)15-7-9-16(10-8-15)28-22-21(27)23(30)29(24(22)31)20-6-4-3-5-19(20)26(33)35-2/h3-14,28H,1-2H3. The summed E-state index contributed by atoms with van der Waals surface area (Å²) < 4.78 is 15.1. The van der Waals surface area contributed by atoms with Crippen molar-refractivity contribution in [2.24, 2.45) is 0 Å². The van der Waals surface area contributed by atoms with Gasteiger partial charge in [-0.3, -0.25) is 9.59 Å². The molecule has 0 atom stereocenters. The van der Waals surface area contributed by atoms with Crippen molar-refractivity contribution in [2.45, 2.75) is 0 Å². The van der Waals surface area contributed by atoms with Crippen LogP contribution in [0, 0.1) is 0 Å². The lowest BCUT2D eigenvalue weighted by Crippen LogP contribution is -2.33. The fraction of sp³-hybridized carbons (Fsp3) is 0.0769. The number of hydrogen-bond acceptors (Lipinski definition) is 8. The molecule has 1 N–H and O–H groups in total. The van der Waals surface area contributed by atoms with Crippen LogP contribution in [0.3, 0.4) is 0 Å². The average Bonchev–Trinajstić information content (AvgIpc) is 3.11. The first-order valence-electron chi connectivity index (χ1n) is 10.5. The molecule has 36 heavy (non-hydrogen) atoms. The molecule has 3 aromatic rings. The van der Waals surface area contributed by atoms with Crippen LogP contribution < -0.4 is 19.7 Å². The van der Waals surface area contributed by atoms with Crippen LogP contribution in [0.2, 0.25) is 0 Å². The quantitative estimate of drug-likeness (QED) is 0.289. The maximum Gasteiger partial charge on any atom is 0.343 e. The van der Waals surface area contributed by atoms with Gasteiger partial charge in [-0.15, -0.1) is 0 Å². The normalized spacial score (nSPS) is 13.0. The number of halogens is 1. The zero-order valence-electron chi connectivity index (χ0n) is 19.1. The van der Waals surface area contributed by atoms with Gasteiger partial charge in [0.1, 0.15) is 22.2 Å². The third kappa shape index (κ3) is 4.77. The minimum absolute atomic E-state index is 0.0344. The number of benzene rings is 3. The van der Waals surface area contributed by atoms with E-state index >= 15 is 0 Å². The number of para-hydroxylation sites is 1. The number of nitrogens with one attached hydrogen (secondary N) is 1. The van der Waals surface area contributed by atoms with Gasteiger partial charge in [-0.05, 0) is 60.7 Å². The molecule has 0 radical (unpaired) electrons. The maximum atomic E-state index is 13.1. The van der Waals surface area contributed by atoms with Gasteiger partial charge in [-0.2, -0.15) is 0 Å². The number of rotatable bonds is 7. The molecule has 0 fully saturated rings. The molecule has 3 aromatic carbocycles. The second kappa shape index (κ2) is 10.3. The highest BCUT2D eigenvalue weighted by Gasteiger charge is 2.40. The zero-order chi connectivity index (χ0) is 25.8. The monoisotopic (exact) mass is 506 g/mol. The number of hydrogen-bond donors (Lipinski definition) is 1. The lowest BCUT2D eigenvalue weighted by atomic mass is 10.1. The minimum Gasteiger partial charge on any atom is -0.497 e. The van der Waals surface area contributed by atoms with Gasteiger partial charge in [0.15, 0.2) is 0 Å². The van der Waals surface area contributed by atoms with Gasteiger partial charge in [0.25, 0.3) is 11.8 Å². The average molecular weight is 507 g/mol. The number of ether oxygens (including phenoxy) is 3. The first-order valence-corrected chi connectivity index (χ1v) is 10.9. The molecule has 1 aliphatic heterocycles. The van der Waals surface area contributed by atoms with Crippen molar-refractivity contribution in [2.75, 3.05) is 24.4 Å². The van der Waals surface area contributed by atoms with Gasteiger partial charge in [-0.1, -0.05) is 23.7 Å². The molecule has 10 heteroatoms. The lowest BCUT2D eigenvalue weighted by Gasteiger charge is -2.17. The Morgan fingerprint density at radius 1 is 0.806 bits per heavy atom. The van der Waals surface area contributed by atoms with E-state index in [1.54, 1.807) is 36.4 Å². The van der Waals surface area contributed by atoms with Crippen LogP contribution in [0.1, 0.15) is 20.7 Å². The number of carbonyl (C=O) groups is 4. The third-order valence-electron chi connectivity index (χ3n) is 5.24. The largest absolute Gasteiger partial charge is 0.497 e. The Morgan fingerprint density at radius 3 is 2.08 bits per heavy atom. The molecule has 2 amide bonds. The van der Waals surface area contributed by atoms with Gasteiger partial charge in [0, 0.05) is 5.69 Å². The molecule has 0 unspecified atom stereocenters. The van der Waals surface area contributed by atoms with Crippen LogP contribution in [0.4, 0.5) is 11.4 Å². The summed E-state index contributed by atoms with van der Waals surface area (Å²) in [6.07, 6.45) is 0. The SMILES string of the molecule is COC(=O)c1ccccc1N1C(=O)C(Cl)=C(Nc2ccc(C(=O)Oc3ccc(OC)cc3)cc2)C1=O. The number of nitrogens with zero attached hydrogens (tertiary/aromatic N) is 1. The van der Waals surface area contributed by atoms with E-state index in [0.29, 0.717) is 17.2 Å².